The average Bonchev–Trinajstić information content (AvgIpc) is 2.43. The van der Waals surface area contributed by atoms with Crippen LogP contribution in [-0.2, 0) is 4.74 Å². The van der Waals surface area contributed by atoms with E-state index in [0.717, 1.165) is 24.9 Å². The van der Waals surface area contributed by atoms with Gasteiger partial charge >= 0.3 is 0 Å². The van der Waals surface area contributed by atoms with Gasteiger partial charge in [-0.2, -0.15) is 0 Å². The Labute approximate surface area is 79.4 Å². The van der Waals surface area contributed by atoms with Gasteiger partial charge in [-0.05, 0) is 32.9 Å². The summed E-state index contributed by atoms with van der Waals surface area (Å²) in [5, 5.41) is 0. The van der Waals surface area contributed by atoms with E-state index < -0.39 is 0 Å². The van der Waals surface area contributed by atoms with E-state index >= 15 is 0 Å². The summed E-state index contributed by atoms with van der Waals surface area (Å²) < 4.78 is 17.7. The lowest BCUT2D eigenvalue weighted by Gasteiger charge is -2.19. The van der Waals surface area contributed by atoms with Crippen LogP contribution in [0, 0.1) is 0 Å². The summed E-state index contributed by atoms with van der Waals surface area (Å²) in [5.41, 5.74) is 0.875. The molecule has 0 saturated carbocycles. The molecule has 3 heteroatoms. The molecule has 1 saturated heterocycles. The summed E-state index contributed by atoms with van der Waals surface area (Å²) in [4.78, 5) is 2.13. The molecule has 13 heavy (non-hydrogen) atoms. The molecule has 1 aliphatic heterocycles. The zero-order valence-electron chi connectivity index (χ0n) is 8.59. The predicted molar refractivity (Wildman–Crippen MR) is 51.3 cm³/mol. The van der Waals surface area contributed by atoms with E-state index in [1.165, 1.54) is 0 Å². The molecule has 0 aromatic rings. The van der Waals surface area contributed by atoms with E-state index in [2.05, 4.69) is 4.90 Å². The standard InChI is InChI=1S/C10H18FNO/c1-8(2)13-7-10-4-9(5-11)6-12(10)3/h5,8,10H,4,6-7H2,1-3H3/b9-5-. The second-order valence-electron chi connectivity index (χ2n) is 3.92. The highest BCUT2D eigenvalue weighted by Crippen LogP contribution is 2.21. The van der Waals surface area contributed by atoms with Crippen molar-refractivity contribution in [2.45, 2.75) is 32.4 Å². The third-order valence-electron chi connectivity index (χ3n) is 2.35. The summed E-state index contributed by atoms with van der Waals surface area (Å²) in [6, 6.07) is 0.351. The number of hydrogen-bond donors (Lipinski definition) is 0. The molecule has 1 heterocycles. The number of likely N-dealkylation sites (tertiary alicyclic amines) is 1. The molecule has 1 fully saturated rings. The topological polar surface area (TPSA) is 12.5 Å². The highest BCUT2D eigenvalue weighted by molar-refractivity contribution is 5.09. The molecule has 0 spiro atoms. The Kier molecular flexibility index (Phi) is 3.88. The molecule has 1 aliphatic rings. The molecule has 0 aromatic heterocycles. The van der Waals surface area contributed by atoms with Crippen LogP contribution in [-0.4, -0.2) is 37.2 Å². The molecule has 1 atom stereocenters. The predicted octanol–water partition coefficient (Wildman–Crippen LogP) is 1.97. The molecule has 0 radical (unpaired) electrons. The van der Waals surface area contributed by atoms with Gasteiger partial charge in [0.1, 0.15) is 0 Å². The smallest absolute Gasteiger partial charge is 0.0872 e. The van der Waals surface area contributed by atoms with Crippen molar-refractivity contribution in [1.82, 2.24) is 4.90 Å². The quantitative estimate of drug-likeness (QED) is 0.669. The van der Waals surface area contributed by atoms with E-state index in [1.807, 2.05) is 20.9 Å². The van der Waals surface area contributed by atoms with E-state index in [9.17, 15) is 4.39 Å². The molecular formula is C10H18FNO. The van der Waals surface area contributed by atoms with E-state index in [0.29, 0.717) is 12.6 Å². The first-order valence-corrected chi connectivity index (χ1v) is 4.73. The average molecular weight is 187 g/mol. The number of nitrogens with zero attached hydrogens (tertiary/aromatic N) is 1. The molecule has 1 rings (SSSR count). The maximum atomic E-state index is 12.2. The molecule has 0 N–H and O–H groups in total. The van der Waals surface area contributed by atoms with Crippen molar-refractivity contribution in [3.05, 3.63) is 11.9 Å². The number of rotatable bonds is 3. The van der Waals surface area contributed by atoms with Gasteiger partial charge in [0, 0.05) is 12.6 Å². The number of likely N-dealkylation sites (N-methyl/N-ethyl adjacent to an activating group) is 1. The maximum absolute atomic E-state index is 12.2. The van der Waals surface area contributed by atoms with Gasteiger partial charge < -0.3 is 4.74 Å². The Morgan fingerprint density at radius 3 is 2.85 bits per heavy atom. The van der Waals surface area contributed by atoms with Crippen molar-refractivity contribution in [2.75, 3.05) is 20.2 Å². The van der Waals surface area contributed by atoms with Crippen molar-refractivity contribution in [3.8, 4) is 0 Å². The number of halogens is 1. The third kappa shape index (κ3) is 3.08. The fourth-order valence-corrected chi connectivity index (χ4v) is 1.54. The van der Waals surface area contributed by atoms with Crippen molar-refractivity contribution in [2.24, 2.45) is 0 Å². The zero-order valence-corrected chi connectivity index (χ0v) is 8.59. The fraction of sp³-hybridized carbons (Fsp3) is 0.800. The molecule has 76 valence electrons. The van der Waals surface area contributed by atoms with Crippen molar-refractivity contribution in [3.63, 3.8) is 0 Å². The highest BCUT2D eigenvalue weighted by Gasteiger charge is 2.25. The first-order valence-electron chi connectivity index (χ1n) is 4.73. The van der Waals surface area contributed by atoms with Crippen LogP contribution in [0.25, 0.3) is 0 Å². The Morgan fingerprint density at radius 2 is 2.38 bits per heavy atom. The maximum Gasteiger partial charge on any atom is 0.0872 e. The molecule has 1 unspecified atom stereocenters. The molecule has 0 amide bonds. The Morgan fingerprint density at radius 1 is 1.69 bits per heavy atom. The van der Waals surface area contributed by atoms with Crippen LogP contribution >= 0.6 is 0 Å². The van der Waals surface area contributed by atoms with E-state index in [4.69, 9.17) is 4.74 Å². The second-order valence-corrected chi connectivity index (χ2v) is 3.92. The SMILES string of the molecule is CC(C)OCC1C/C(=C/F)CN1C. The normalized spacial score (nSPS) is 27.8. The van der Waals surface area contributed by atoms with Gasteiger partial charge in [-0.3, -0.25) is 4.90 Å². The van der Waals surface area contributed by atoms with Gasteiger partial charge in [-0.25, -0.2) is 4.39 Å². The van der Waals surface area contributed by atoms with Gasteiger partial charge in [0.15, 0.2) is 0 Å². The van der Waals surface area contributed by atoms with Crippen LogP contribution in [0.15, 0.2) is 11.9 Å². The second kappa shape index (κ2) is 4.72. The largest absolute Gasteiger partial charge is 0.377 e. The number of hydrogen-bond acceptors (Lipinski definition) is 2. The molecule has 2 nitrogen and oxygen atoms in total. The van der Waals surface area contributed by atoms with Gasteiger partial charge in [0.05, 0.1) is 19.0 Å². The first-order chi connectivity index (χ1) is 6.13. The zero-order chi connectivity index (χ0) is 9.84. The van der Waals surface area contributed by atoms with Gasteiger partial charge in [-0.15, -0.1) is 0 Å². The van der Waals surface area contributed by atoms with Crippen LogP contribution in [0.1, 0.15) is 20.3 Å². The number of ether oxygens (including phenoxy) is 1. The minimum Gasteiger partial charge on any atom is -0.377 e. The Hall–Kier alpha value is -0.410. The van der Waals surface area contributed by atoms with Crippen LogP contribution < -0.4 is 0 Å². The summed E-state index contributed by atoms with van der Waals surface area (Å²) in [5.74, 6) is 0. The van der Waals surface area contributed by atoms with Crippen LogP contribution in [0.4, 0.5) is 4.39 Å². The minimum atomic E-state index is 0.256. The summed E-state index contributed by atoms with van der Waals surface area (Å²) in [7, 11) is 2.00. The fourth-order valence-electron chi connectivity index (χ4n) is 1.54. The van der Waals surface area contributed by atoms with Gasteiger partial charge in [-0.1, -0.05) is 0 Å². The van der Waals surface area contributed by atoms with Crippen molar-refractivity contribution < 1.29 is 9.13 Å². The van der Waals surface area contributed by atoms with E-state index in [1.54, 1.807) is 0 Å². The Balaban J connectivity index is 2.35. The molecule has 0 aliphatic carbocycles. The summed E-state index contributed by atoms with van der Waals surface area (Å²) >= 11 is 0. The third-order valence-corrected chi connectivity index (χ3v) is 2.35. The summed E-state index contributed by atoms with van der Waals surface area (Å²) in [6.07, 6.45) is 1.79. The monoisotopic (exact) mass is 187 g/mol. The highest BCUT2D eigenvalue weighted by atomic mass is 19.1. The molecular weight excluding hydrogens is 169 g/mol. The van der Waals surface area contributed by atoms with Crippen molar-refractivity contribution >= 4 is 0 Å². The molecule has 0 bridgehead atoms. The van der Waals surface area contributed by atoms with Crippen LogP contribution in [0.5, 0.6) is 0 Å². The van der Waals surface area contributed by atoms with Gasteiger partial charge in [0.25, 0.3) is 0 Å². The minimum absolute atomic E-state index is 0.256. The lowest BCUT2D eigenvalue weighted by molar-refractivity contribution is 0.0433. The van der Waals surface area contributed by atoms with E-state index in [-0.39, 0.29) is 6.10 Å². The van der Waals surface area contributed by atoms with Crippen molar-refractivity contribution in [1.29, 1.82) is 0 Å². The van der Waals surface area contributed by atoms with Gasteiger partial charge in [0.2, 0.25) is 0 Å². The van der Waals surface area contributed by atoms with Crippen LogP contribution in [0.2, 0.25) is 0 Å². The summed E-state index contributed by atoms with van der Waals surface area (Å²) in [6.45, 7) is 5.47. The van der Waals surface area contributed by atoms with Crippen LogP contribution in [0.3, 0.4) is 0 Å². The first kappa shape index (κ1) is 10.7. The lowest BCUT2D eigenvalue weighted by atomic mass is 10.2. The lowest BCUT2D eigenvalue weighted by Crippen LogP contribution is -2.30. The Bertz CT molecular complexity index is 191. The molecule has 0 aromatic carbocycles.